The number of hydrogen-bond acceptors (Lipinski definition) is 5. The van der Waals surface area contributed by atoms with Crippen LogP contribution in [0.5, 0.6) is 5.75 Å². The lowest BCUT2D eigenvalue weighted by molar-refractivity contribution is -0.156. The first kappa shape index (κ1) is 17.8. The first-order chi connectivity index (χ1) is 11.5. The maximum Gasteiger partial charge on any atom is 0.340 e. The number of aliphatic hydroxyl groups is 1. The van der Waals surface area contributed by atoms with Crippen LogP contribution < -0.4 is 10.1 Å². The quantitative estimate of drug-likeness (QED) is 0.783. The van der Waals surface area contributed by atoms with Gasteiger partial charge in [-0.05, 0) is 23.8 Å². The van der Waals surface area contributed by atoms with Gasteiger partial charge in [0.2, 0.25) is 0 Å². The number of hydrogen-bond donors (Lipinski definition) is 2. The lowest BCUT2D eigenvalue weighted by atomic mass is 10.1. The highest BCUT2D eigenvalue weighted by Crippen LogP contribution is 2.27. The highest BCUT2D eigenvalue weighted by atomic mass is 35.5. The van der Waals surface area contributed by atoms with E-state index in [-0.39, 0.29) is 0 Å². The van der Waals surface area contributed by atoms with Gasteiger partial charge in [-0.2, -0.15) is 0 Å². The average molecular weight is 350 g/mol. The monoisotopic (exact) mass is 349 g/mol. The number of esters is 1. The van der Waals surface area contributed by atoms with Gasteiger partial charge in [-0.1, -0.05) is 41.9 Å². The van der Waals surface area contributed by atoms with Crippen molar-refractivity contribution in [2.45, 2.75) is 6.10 Å². The third-order valence-electron chi connectivity index (χ3n) is 3.12. The van der Waals surface area contributed by atoms with Gasteiger partial charge in [-0.25, -0.2) is 4.79 Å². The summed E-state index contributed by atoms with van der Waals surface area (Å²) in [6, 6.07) is 13.0. The van der Waals surface area contributed by atoms with Gasteiger partial charge in [0.1, 0.15) is 5.75 Å². The van der Waals surface area contributed by atoms with Gasteiger partial charge >= 0.3 is 5.97 Å². The second-order valence-corrected chi connectivity index (χ2v) is 5.25. The number of aliphatic hydroxyl groups excluding tert-OH is 1. The van der Waals surface area contributed by atoms with Crippen LogP contribution in [0.4, 0.5) is 5.69 Å². The van der Waals surface area contributed by atoms with Gasteiger partial charge in [0, 0.05) is 5.02 Å². The molecule has 0 aliphatic carbocycles. The van der Waals surface area contributed by atoms with Crippen LogP contribution >= 0.6 is 11.6 Å². The maximum atomic E-state index is 11.9. The van der Waals surface area contributed by atoms with Crippen LogP contribution in [0.25, 0.3) is 0 Å². The zero-order chi connectivity index (χ0) is 17.5. The molecule has 0 aliphatic heterocycles. The molecule has 0 bridgehead atoms. The first-order valence-corrected chi connectivity index (χ1v) is 7.42. The summed E-state index contributed by atoms with van der Waals surface area (Å²) in [6.07, 6.45) is -1.44. The fourth-order valence-electron chi connectivity index (χ4n) is 1.95. The summed E-state index contributed by atoms with van der Waals surface area (Å²) < 4.78 is 9.92. The van der Waals surface area contributed by atoms with Crippen LogP contribution in [0, 0.1) is 0 Å². The minimum atomic E-state index is -1.44. The average Bonchev–Trinajstić information content (AvgIpc) is 2.60. The Morgan fingerprint density at radius 1 is 1.21 bits per heavy atom. The molecule has 0 saturated carbocycles. The molecule has 0 radical (unpaired) electrons. The number of carbonyl (C=O) groups excluding carboxylic acids is 2. The van der Waals surface area contributed by atoms with E-state index in [9.17, 15) is 14.7 Å². The number of rotatable bonds is 6. The number of benzene rings is 2. The van der Waals surface area contributed by atoms with Gasteiger partial charge < -0.3 is 19.9 Å². The fourth-order valence-corrected chi connectivity index (χ4v) is 2.12. The number of ether oxygens (including phenoxy) is 2. The zero-order valence-electron chi connectivity index (χ0n) is 12.9. The predicted octanol–water partition coefficient (Wildman–Crippen LogP) is 2.56. The molecular weight excluding hydrogens is 334 g/mol. The molecule has 24 heavy (non-hydrogen) atoms. The third kappa shape index (κ3) is 4.71. The van der Waals surface area contributed by atoms with E-state index in [0.29, 0.717) is 22.0 Å². The van der Waals surface area contributed by atoms with E-state index < -0.39 is 24.6 Å². The van der Waals surface area contributed by atoms with Crippen molar-refractivity contribution < 1.29 is 24.2 Å². The Kier molecular flexibility index (Phi) is 6.17. The van der Waals surface area contributed by atoms with E-state index >= 15 is 0 Å². The lowest BCUT2D eigenvalue weighted by Gasteiger charge is -2.12. The third-order valence-corrected chi connectivity index (χ3v) is 3.35. The van der Waals surface area contributed by atoms with Crippen molar-refractivity contribution >= 4 is 29.2 Å². The van der Waals surface area contributed by atoms with E-state index in [0.717, 1.165) is 0 Å². The van der Waals surface area contributed by atoms with E-state index in [1.54, 1.807) is 42.5 Å². The molecule has 2 aromatic rings. The van der Waals surface area contributed by atoms with Crippen molar-refractivity contribution in [3.05, 3.63) is 59.1 Å². The van der Waals surface area contributed by atoms with Crippen molar-refractivity contribution in [2.24, 2.45) is 0 Å². The summed E-state index contributed by atoms with van der Waals surface area (Å²) >= 11 is 5.87. The van der Waals surface area contributed by atoms with Crippen LogP contribution in [-0.4, -0.2) is 30.7 Å². The van der Waals surface area contributed by atoms with E-state index in [1.807, 2.05) is 0 Å². The summed E-state index contributed by atoms with van der Waals surface area (Å²) in [5.41, 5.74) is 0.745. The van der Waals surface area contributed by atoms with Crippen molar-refractivity contribution in [1.29, 1.82) is 0 Å². The highest BCUT2D eigenvalue weighted by molar-refractivity contribution is 6.31. The molecule has 2 N–H and O–H groups in total. The summed E-state index contributed by atoms with van der Waals surface area (Å²) in [6.45, 7) is -0.543. The summed E-state index contributed by atoms with van der Waals surface area (Å²) in [5, 5.41) is 12.8. The molecule has 0 unspecified atom stereocenters. The van der Waals surface area contributed by atoms with Gasteiger partial charge in [-0.3, -0.25) is 4.79 Å². The Morgan fingerprint density at radius 2 is 1.92 bits per heavy atom. The molecule has 1 amide bonds. The highest BCUT2D eigenvalue weighted by Gasteiger charge is 2.20. The molecule has 1 atom stereocenters. The Labute approximate surface area is 144 Å². The molecule has 6 nitrogen and oxygen atoms in total. The Balaban J connectivity index is 1.91. The van der Waals surface area contributed by atoms with Crippen LogP contribution in [-0.2, 0) is 14.3 Å². The van der Waals surface area contributed by atoms with Gasteiger partial charge in [-0.15, -0.1) is 0 Å². The van der Waals surface area contributed by atoms with E-state index in [4.69, 9.17) is 21.1 Å². The molecule has 7 heteroatoms. The lowest BCUT2D eigenvalue weighted by Crippen LogP contribution is -2.24. The molecule has 0 heterocycles. The first-order valence-electron chi connectivity index (χ1n) is 7.04. The molecule has 0 fully saturated rings. The molecule has 126 valence electrons. The number of carbonyl (C=O) groups is 2. The van der Waals surface area contributed by atoms with Crippen LogP contribution in [0.3, 0.4) is 0 Å². The van der Waals surface area contributed by atoms with E-state index in [2.05, 4.69) is 5.32 Å². The van der Waals surface area contributed by atoms with Crippen LogP contribution in [0.2, 0.25) is 5.02 Å². The number of amides is 1. The van der Waals surface area contributed by atoms with Crippen molar-refractivity contribution in [3.8, 4) is 5.75 Å². The molecule has 0 spiro atoms. The molecule has 0 aromatic heterocycles. The second-order valence-electron chi connectivity index (χ2n) is 4.81. The predicted molar refractivity (Wildman–Crippen MR) is 89.0 cm³/mol. The topological polar surface area (TPSA) is 84.9 Å². The van der Waals surface area contributed by atoms with Gasteiger partial charge in [0.25, 0.3) is 5.91 Å². The number of halogens is 1. The normalized spacial score (nSPS) is 11.5. The Morgan fingerprint density at radius 3 is 2.58 bits per heavy atom. The molecule has 0 saturated heterocycles. The Bertz CT molecular complexity index is 720. The minimum absolute atomic E-state index is 0.356. The minimum Gasteiger partial charge on any atom is -0.495 e. The molecule has 0 aliphatic rings. The van der Waals surface area contributed by atoms with Gasteiger partial charge in [0.05, 0.1) is 12.8 Å². The van der Waals surface area contributed by atoms with Crippen molar-refractivity contribution in [3.63, 3.8) is 0 Å². The zero-order valence-corrected chi connectivity index (χ0v) is 13.6. The van der Waals surface area contributed by atoms with Crippen molar-refractivity contribution in [2.75, 3.05) is 19.0 Å². The molecule has 2 aromatic carbocycles. The maximum absolute atomic E-state index is 11.9. The number of methoxy groups -OCH3 is 1. The molecular formula is C17H16ClNO5. The second kappa shape index (κ2) is 8.33. The fraction of sp³-hybridized carbons (Fsp3) is 0.176. The summed E-state index contributed by atoms with van der Waals surface area (Å²) in [4.78, 5) is 23.7. The largest absolute Gasteiger partial charge is 0.495 e. The van der Waals surface area contributed by atoms with Crippen molar-refractivity contribution in [1.82, 2.24) is 0 Å². The van der Waals surface area contributed by atoms with Gasteiger partial charge in [0.15, 0.2) is 12.7 Å². The van der Waals surface area contributed by atoms with Crippen LogP contribution in [0.15, 0.2) is 48.5 Å². The molecule has 2 rings (SSSR count). The smallest absolute Gasteiger partial charge is 0.340 e. The standard InChI is InChI=1S/C17H16ClNO5/c1-23-14-8-7-12(18)9-13(14)19-15(20)10-24-17(22)16(21)11-5-3-2-4-6-11/h2-9,16,21H,10H2,1H3,(H,19,20)/t16-/m0/s1. The van der Waals surface area contributed by atoms with Crippen LogP contribution in [0.1, 0.15) is 11.7 Å². The number of anilines is 1. The van der Waals surface area contributed by atoms with E-state index in [1.165, 1.54) is 13.2 Å². The SMILES string of the molecule is COc1ccc(Cl)cc1NC(=O)COC(=O)[C@@H](O)c1ccccc1. The Hall–Kier alpha value is -2.57. The summed E-state index contributed by atoms with van der Waals surface area (Å²) in [5.74, 6) is -1.07. The summed E-state index contributed by atoms with van der Waals surface area (Å²) in [7, 11) is 1.45. The number of nitrogens with one attached hydrogen (secondary N) is 1.